The zero-order chi connectivity index (χ0) is 19.9. The molecule has 5 nitrogen and oxygen atoms in total. The third-order valence-corrected chi connectivity index (χ3v) is 5.62. The maximum absolute atomic E-state index is 12.9. The molecule has 0 aromatic heterocycles. The quantitative estimate of drug-likeness (QED) is 0.830. The van der Waals surface area contributed by atoms with E-state index >= 15 is 0 Å². The van der Waals surface area contributed by atoms with Crippen LogP contribution in [0.3, 0.4) is 0 Å². The molecule has 1 saturated heterocycles. The van der Waals surface area contributed by atoms with Crippen molar-refractivity contribution in [2.24, 2.45) is 0 Å². The van der Waals surface area contributed by atoms with Crippen LogP contribution in [0.4, 0.5) is 14.9 Å². The second-order valence-corrected chi connectivity index (χ2v) is 7.77. The number of thioether (sulfide) groups is 1. The second kappa shape index (κ2) is 9.59. The second-order valence-electron chi connectivity index (χ2n) is 6.78. The molecule has 0 spiro atoms. The topological polar surface area (TPSA) is 52.7 Å². The lowest BCUT2D eigenvalue weighted by Crippen LogP contribution is -2.52. The number of aryl methyl sites for hydroxylation is 1. The molecule has 0 saturated carbocycles. The monoisotopic (exact) mass is 401 g/mol. The van der Waals surface area contributed by atoms with Crippen molar-refractivity contribution < 1.29 is 14.0 Å². The maximum atomic E-state index is 12.9. The van der Waals surface area contributed by atoms with E-state index < -0.39 is 0 Å². The molecular formula is C21H24FN3O2S. The standard InChI is InChI=1S/C21H24FN3O2S/c1-16-2-4-17(5-3-16)14-28-15-20(26)24-10-12-25(13-11-24)21(27)23-19-8-6-18(22)7-9-19/h2-9H,10-15H2,1H3,(H,23,27). The predicted molar refractivity (Wildman–Crippen MR) is 111 cm³/mol. The summed E-state index contributed by atoms with van der Waals surface area (Å²) in [5.74, 6) is 1.02. The van der Waals surface area contributed by atoms with Crippen molar-refractivity contribution in [1.29, 1.82) is 0 Å². The summed E-state index contributed by atoms with van der Waals surface area (Å²) >= 11 is 1.61. The smallest absolute Gasteiger partial charge is 0.321 e. The molecule has 1 heterocycles. The fraction of sp³-hybridized carbons (Fsp3) is 0.333. The van der Waals surface area contributed by atoms with Crippen LogP contribution in [-0.2, 0) is 10.5 Å². The van der Waals surface area contributed by atoms with Gasteiger partial charge in [0.25, 0.3) is 0 Å². The molecule has 3 amide bonds. The van der Waals surface area contributed by atoms with E-state index in [0.717, 1.165) is 5.75 Å². The molecule has 0 unspecified atom stereocenters. The van der Waals surface area contributed by atoms with E-state index in [1.54, 1.807) is 16.7 Å². The molecule has 28 heavy (non-hydrogen) atoms. The van der Waals surface area contributed by atoms with Crippen molar-refractivity contribution >= 4 is 29.4 Å². The summed E-state index contributed by atoms with van der Waals surface area (Å²) in [5, 5.41) is 2.75. The number of rotatable bonds is 5. The van der Waals surface area contributed by atoms with Crippen molar-refractivity contribution in [1.82, 2.24) is 9.80 Å². The van der Waals surface area contributed by atoms with Gasteiger partial charge in [-0.1, -0.05) is 29.8 Å². The fourth-order valence-electron chi connectivity index (χ4n) is 2.93. The number of amides is 3. The van der Waals surface area contributed by atoms with E-state index in [0.29, 0.717) is 37.6 Å². The van der Waals surface area contributed by atoms with Crippen molar-refractivity contribution in [2.45, 2.75) is 12.7 Å². The van der Waals surface area contributed by atoms with Crippen LogP contribution in [0.15, 0.2) is 48.5 Å². The lowest BCUT2D eigenvalue weighted by Gasteiger charge is -2.34. The van der Waals surface area contributed by atoms with Crippen molar-refractivity contribution in [3.05, 3.63) is 65.5 Å². The third-order valence-electron chi connectivity index (χ3n) is 4.63. The van der Waals surface area contributed by atoms with Crippen LogP contribution >= 0.6 is 11.8 Å². The molecule has 3 rings (SSSR count). The minimum Gasteiger partial charge on any atom is -0.338 e. The SMILES string of the molecule is Cc1ccc(CSCC(=O)N2CCN(C(=O)Nc3ccc(F)cc3)CC2)cc1. The number of hydrogen-bond donors (Lipinski definition) is 1. The van der Waals surface area contributed by atoms with E-state index in [9.17, 15) is 14.0 Å². The summed E-state index contributed by atoms with van der Waals surface area (Å²) in [7, 11) is 0. The van der Waals surface area contributed by atoms with Crippen molar-refractivity contribution in [2.75, 3.05) is 37.2 Å². The number of benzene rings is 2. The largest absolute Gasteiger partial charge is 0.338 e. The van der Waals surface area contributed by atoms with E-state index in [-0.39, 0.29) is 17.8 Å². The molecule has 1 aliphatic rings. The summed E-state index contributed by atoms with van der Waals surface area (Å²) in [5.41, 5.74) is 2.99. The molecule has 1 fully saturated rings. The molecule has 148 valence electrons. The van der Waals surface area contributed by atoms with Crippen LogP contribution in [0.1, 0.15) is 11.1 Å². The first-order chi connectivity index (χ1) is 13.5. The van der Waals surface area contributed by atoms with Crippen LogP contribution in [-0.4, -0.2) is 53.7 Å². The lowest BCUT2D eigenvalue weighted by molar-refractivity contribution is -0.129. The molecule has 0 atom stereocenters. The van der Waals surface area contributed by atoms with Crippen LogP contribution < -0.4 is 5.32 Å². The van der Waals surface area contributed by atoms with Gasteiger partial charge in [-0.15, -0.1) is 11.8 Å². The molecule has 1 aliphatic heterocycles. The Kier molecular flexibility index (Phi) is 6.92. The Hall–Kier alpha value is -2.54. The number of urea groups is 1. The first-order valence-electron chi connectivity index (χ1n) is 9.24. The highest BCUT2D eigenvalue weighted by molar-refractivity contribution is 7.99. The molecule has 0 bridgehead atoms. The molecule has 0 aliphatic carbocycles. The summed E-state index contributed by atoms with van der Waals surface area (Å²) in [6.45, 7) is 4.09. The highest BCUT2D eigenvalue weighted by Crippen LogP contribution is 2.15. The van der Waals surface area contributed by atoms with E-state index in [4.69, 9.17) is 0 Å². The number of anilines is 1. The Balaban J connectivity index is 1.39. The number of nitrogens with one attached hydrogen (secondary N) is 1. The number of nitrogens with zero attached hydrogens (tertiary/aromatic N) is 2. The highest BCUT2D eigenvalue weighted by atomic mass is 32.2. The van der Waals surface area contributed by atoms with Gasteiger partial charge < -0.3 is 15.1 Å². The lowest BCUT2D eigenvalue weighted by atomic mass is 10.2. The first-order valence-corrected chi connectivity index (χ1v) is 10.4. The van der Waals surface area contributed by atoms with Gasteiger partial charge in [0.1, 0.15) is 5.82 Å². The normalized spacial score (nSPS) is 14.1. The van der Waals surface area contributed by atoms with Crippen molar-refractivity contribution in [3.8, 4) is 0 Å². The van der Waals surface area contributed by atoms with Gasteiger partial charge in [-0.25, -0.2) is 9.18 Å². The van der Waals surface area contributed by atoms with E-state index in [1.807, 2.05) is 4.90 Å². The summed E-state index contributed by atoms with van der Waals surface area (Å²) < 4.78 is 12.9. The van der Waals surface area contributed by atoms with Gasteiger partial charge in [-0.3, -0.25) is 4.79 Å². The molecule has 1 N–H and O–H groups in total. The number of hydrogen-bond acceptors (Lipinski definition) is 3. The minimum atomic E-state index is -0.342. The van der Waals surface area contributed by atoms with E-state index in [1.165, 1.54) is 35.4 Å². The predicted octanol–water partition coefficient (Wildman–Crippen LogP) is 3.74. The van der Waals surface area contributed by atoms with Gasteiger partial charge in [-0.05, 0) is 36.8 Å². The third kappa shape index (κ3) is 5.73. The molecular weight excluding hydrogens is 377 g/mol. The zero-order valence-corrected chi connectivity index (χ0v) is 16.7. The average molecular weight is 402 g/mol. The molecule has 2 aromatic rings. The summed E-state index contributed by atoms with van der Waals surface area (Å²) in [4.78, 5) is 28.2. The average Bonchev–Trinajstić information content (AvgIpc) is 2.71. The van der Waals surface area contributed by atoms with Gasteiger partial charge >= 0.3 is 6.03 Å². The first kappa shape index (κ1) is 20.2. The van der Waals surface area contributed by atoms with Gasteiger partial charge in [0.2, 0.25) is 5.91 Å². The number of halogens is 1. The van der Waals surface area contributed by atoms with Gasteiger partial charge in [0.05, 0.1) is 5.75 Å². The van der Waals surface area contributed by atoms with Gasteiger partial charge in [-0.2, -0.15) is 0 Å². The van der Waals surface area contributed by atoms with Crippen LogP contribution in [0.5, 0.6) is 0 Å². The Morgan fingerprint density at radius 3 is 2.21 bits per heavy atom. The minimum absolute atomic E-state index is 0.107. The molecule has 2 aromatic carbocycles. The van der Waals surface area contributed by atoms with Gasteiger partial charge in [0.15, 0.2) is 0 Å². The van der Waals surface area contributed by atoms with Crippen LogP contribution in [0.25, 0.3) is 0 Å². The van der Waals surface area contributed by atoms with Crippen LogP contribution in [0.2, 0.25) is 0 Å². The van der Waals surface area contributed by atoms with Gasteiger partial charge in [0, 0.05) is 37.6 Å². The molecule has 7 heteroatoms. The zero-order valence-electron chi connectivity index (χ0n) is 15.9. The fourth-order valence-corrected chi connectivity index (χ4v) is 3.81. The number of carbonyl (C=O) groups is 2. The van der Waals surface area contributed by atoms with Crippen molar-refractivity contribution in [3.63, 3.8) is 0 Å². The maximum Gasteiger partial charge on any atom is 0.321 e. The Bertz CT molecular complexity index is 803. The highest BCUT2D eigenvalue weighted by Gasteiger charge is 2.24. The molecule has 0 radical (unpaired) electrons. The number of piperazine rings is 1. The Labute approximate surface area is 168 Å². The summed E-state index contributed by atoms with van der Waals surface area (Å²) in [6, 6.07) is 13.8. The Morgan fingerprint density at radius 2 is 1.57 bits per heavy atom. The summed E-state index contributed by atoms with van der Waals surface area (Å²) in [6.07, 6.45) is 0. The van der Waals surface area contributed by atoms with Crippen LogP contribution in [0, 0.1) is 12.7 Å². The van der Waals surface area contributed by atoms with E-state index in [2.05, 4.69) is 36.5 Å². The number of carbonyl (C=O) groups excluding carboxylic acids is 2. The Morgan fingerprint density at radius 1 is 0.964 bits per heavy atom.